The maximum absolute atomic E-state index is 8.88. The summed E-state index contributed by atoms with van der Waals surface area (Å²) in [7, 11) is 1.66. The first kappa shape index (κ1) is 27.9. The lowest BCUT2D eigenvalue weighted by Gasteiger charge is -2.06. The summed E-state index contributed by atoms with van der Waals surface area (Å²) in [6.45, 7) is 3.44. The van der Waals surface area contributed by atoms with Gasteiger partial charge >= 0.3 is 0 Å². The third kappa shape index (κ3) is 14.0. The van der Waals surface area contributed by atoms with E-state index in [9.17, 15) is 0 Å². The molecule has 28 heavy (non-hydrogen) atoms. The van der Waals surface area contributed by atoms with Crippen molar-refractivity contribution in [3.05, 3.63) is 43.8 Å². The predicted octanol–water partition coefficient (Wildman–Crippen LogP) is 7.30. The molecule has 0 fully saturated rings. The number of pyridine rings is 2. The lowest BCUT2D eigenvalue weighted by molar-refractivity contribution is 0.172. The van der Waals surface area contributed by atoms with Gasteiger partial charge in [-0.1, -0.05) is 52.5 Å². The van der Waals surface area contributed by atoms with Crippen LogP contribution >= 0.6 is 71.0 Å². The fraction of sp³-hybridized carbons (Fsp3) is 0.444. The molecule has 1 N–H and O–H groups in total. The standard InChI is InChI=1S/C9H11BrClNO2.C5H3BrClNO.C4H9Br/c1-13-3-2-4-14-8-5-7(10)6-12-9(8)11;6-3-1-4(9)5(7)8-2-3;1-2-3-4-5/h5-6H,2-4H2,1H3;1-2,9H;2-4H2,1H3. The molecule has 0 saturated carbocycles. The molecule has 0 unspecified atom stereocenters. The Morgan fingerprint density at radius 2 is 1.61 bits per heavy atom. The van der Waals surface area contributed by atoms with E-state index in [1.165, 1.54) is 25.1 Å². The van der Waals surface area contributed by atoms with Crippen LogP contribution in [-0.4, -0.2) is 40.7 Å². The van der Waals surface area contributed by atoms with Crippen LogP contribution in [0.15, 0.2) is 33.5 Å². The zero-order chi connectivity index (χ0) is 21.4. The molecule has 0 radical (unpaired) electrons. The molecule has 0 spiro atoms. The summed E-state index contributed by atoms with van der Waals surface area (Å²) in [5, 5.41) is 10.5. The van der Waals surface area contributed by atoms with Crippen molar-refractivity contribution in [2.45, 2.75) is 26.2 Å². The van der Waals surface area contributed by atoms with Crippen molar-refractivity contribution >= 4 is 71.0 Å². The van der Waals surface area contributed by atoms with E-state index in [-0.39, 0.29) is 10.9 Å². The summed E-state index contributed by atoms with van der Waals surface area (Å²) in [6.07, 6.45) is 6.58. The van der Waals surface area contributed by atoms with Gasteiger partial charge in [-0.2, -0.15) is 0 Å². The van der Waals surface area contributed by atoms with Crippen LogP contribution < -0.4 is 4.74 Å². The van der Waals surface area contributed by atoms with Gasteiger partial charge in [0, 0.05) is 46.8 Å². The molecule has 2 aromatic rings. The summed E-state index contributed by atoms with van der Waals surface area (Å²) in [4.78, 5) is 7.59. The zero-order valence-electron chi connectivity index (χ0n) is 15.6. The van der Waals surface area contributed by atoms with Crippen LogP contribution in [0.5, 0.6) is 11.5 Å². The Bertz CT molecular complexity index is 681. The average Bonchev–Trinajstić information content (AvgIpc) is 2.66. The van der Waals surface area contributed by atoms with Crippen molar-refractivity contribution in [3.8, 4) is 11.5 Å². The highest BCUT2D eigenvalue weighted by atomic mass is 79.9. The van der Waals surface area contributed by atoms with Gasteiger partial charge in [-0.3, -0.25) is 0 Å². The monoisotopic (exact) mass is 622 g/mol. The minimum atomic E-state index is -0.00829. The number of aromatic hydroxyl groups is 1. The Morgan fingerprint density at radius 3 is 2.07 bits per heavy atom. The van der Waals surface area contributed by atoms with Crippen molar-refractivity contribution in [1.82, 2.24) is 9.97 Å². The quantitative estimate of drug-likeness (QED) is 0.199. The van der Waals surface area contributed by atoms with Crippen molar-refractivity contribution in [2.75, 3.05) is 25.7 Å². The zero-order valence-corrected chi connectivity index (χ0v) is 21.9. The van der Waals surface area contributed by atoms with Crippen LogP contribution in [0.4, 0.5) is 0 Å². The van der Waals surface area contributed by atoms with Crippen LogP contribution in [0.25, 0.3) is 0 Å². The van der Waals surface area contributed by atoms with E-state index < -0.39 is 0 Å². The fourth-order valence-electron chi connectivity index (χ4n) is 1.44. The summed E-state index contributed by atoms with van der Waals surface area (Å²) in [5.41, 5.74) is 0. The minimum absolute atomic E-state index is 0.00829. The molecule has 2 heterocycles. The molecule has 10 heteroatoms. The topological polar surface area (TPSA) is 64.5 Å². The summed E-state index contributed by atoms with van der Waals surface area (Å²) < 4.78 is 11.9. The highest BCUT2D eigenvalue weighted by molar-refractivity contribution is 9.10. The molecular formula is C18H23Br3Cl2N2O3. The molecule has 2 rings (SSSR count). The normalized spacial score (nSPS) is 9.68. The van der Waals surface area contributed by atoms with Crippen LogP contribution in [0, 0.1) is 0 Å². The molecule has 0 aliphatic rings. The molecule has 0 amide bonds. The lowest BCUT2D eigenvalue weighted by atomic mass is 10.4. The van der Waals surface area contributed by atoms with Gasteiger partial charge in [0.1, 0.15) is 0 Å². The Labute approximate surface area is 201 Å². The Balaban J connectivity index is 0.000000445. The van der Waals surface area contributed by atoms with E-state index in [0.29, 0.717) is 28.6 Å². The van der Waals surface area contributed by atoms with Crippen molar-refractivity contribution in [2.24, 2.45) is 0 Å². The van der Waals surface area contributed by atoms with Gasteiger partial charge in [0.25, 0.3) is 0 Å². The summed E-state index contributed by atoms with van der Waals surface area (Å²) in [5.74, 6) is 0.586. The second kappa shape index (κ2) is 17.7. The molecule has 0 saturated heterocycles. The van der Waals surface area contributed by atoms with E-state index in [4.69, 9.17) is 37.8 Å². The van der Waals surface area contributed by atoms with Gasteiger partial charge < -0.3 is 14.6 Å². The molecule has 158 valence electrons. The smallest absolute Gasteiger partial charge is 0.171 e. The fourth-order valence-corrected chi connectivity index (χ4v) is 2.89. The van der Waals surface area contributed by atoms with E-state index in [1.54, 1.807) is 19.4 Å². The van der Waals surface area contributed by atoms with Gasteiger partial charge in [0.2, 0.25) is 0 Å². The lowest BCUT2D eigenvalue weighted by Crippen LogP contribution is -2.02. The molecule has 0 aliphatic carbocycles. The molecule has 5 nitrogen and oxygen atoms in total. The number of ether oxygens (including phenoxy) is 2. The van der Waals surface area contributed by atoms with E-state index in [0.717, 1.165) is 16.2 Å². The van der Waals surface area contributed by atoms with Crippen molar-refractivity contribution in [3.63, 3.8) is 0 Å². The summed E-state index contributed by atoms with van der Waals surface area (Å²) >= 11 is 20.9. The number of methoxy groups -OCH3 is 1. The van der Waals surface area contributed by atoms with E-state index in [2.05, 4.69) is 64.7 Å². The van der Waals surface area contributed by atoms with Crippen molar-refractivity contribution in [1.29, 1.82) is 0 Å². The number of alkyl halides is 1. The Kier molecular flexibility index (Phi) is 17.6. The average molecular weight is 626 g/mol. The molecule has 0 aromatic carbocycles. The number of rotatable bonds is 7. The SMILES string of the molecule is CCCCBr.COCCCOc1cc(Br)cnc1Cl.Oc1cc(Br)cnc1Cl. The number of nitrogens with zero attached hydrogens (tertiary/aromatic N) is 2. The minimum Gasteiger partial charge on any atom is -0.505 e. The largest absolute Gasteiger partial charge is 0.505 e. The highest BCUT2D eigenvalue weighted by Gasteiger charge is 2.03. The van der Waals surface area contributed by atoms with Crippen LogP contribution in [0.1, 0.15) is 26.2 Å². The number of halogens is 5. The third-order valence-corrected chi connectivity index (χ3v) is 4.80. The number of hydrogen-bond donors (Lipinski definition) is 1. The Hall–Kier alpha value is -0.120. The molecular weight excluding hydrogens is 603 g/mol. The molecule has 0 aliphatic heterocycles. The molecule has 2 aromatic heterocycles. The maximum atomic E-state index is 8.88. The highest BCUT2D eigenvalue weighted by Crippen LogP contribution is 2.25. The van der Waals surface area contributed by atoms with Crippen LogP contribution in [0.2, 0.25) is 10.3 Å². The molecule has 0 bridgehead atoms. The predicted molar refractivity (Wildman–Crippen MR) is 126 cm³/mol. The number of hydrogen-bond acceptors (Lipinski definition) is 5. The first-order valence-corrected chi connectivity index (χ1v) is 11.8. The summed E-state index contributed by atoms with van der Waals surface area (Å²) in [6, 6.07) is 3.28. The van der Waals surface area contributed by atoms with Crippen LogP contribution in [-0.2, 0) is 4.74 Å². The van der Waals surface area contributed by atoms with E-state index in [1.807, 2.05) is 0 Å². The maximum Gasteiger partial charge on any atom is 0.171 e. The van der Waals surface area contributed by atoms with Gasteiger partial charge in [0.15, 0.2) is 21.8 Å². The van der Waals surface area contributed by atoms with Crippen LogP contribution in [0.3, 0.4) is 0 Å². The van der Waals surface area contributed by atoms with Crippen molar-refractivity contribution < 1.29 is 14.6 Å². The second-order valence-electron chi connectivity index (χ2n) is 5.14. The third-order valence-electron chi connectivity index (χ3n) is 2.80. The number of aromatic nitrogens is 2. The number of unbranched alkanes of at least 4 members (excludes halogenated alkanes) is 1. The second-order valence-corrected chi connectivity index (χ2v) is 8.48. The first-order chi connectivity index (χ1) is 13.3. The van der Waals surface area contributed by atoms with Gasteiger partial charge in [-0.25, -0.2) is 9.97 Å². The first-order valence-electron chi connectivity index (χ1n) is 8.34. The molecule has 0 atom stereocenters. The van der Waals surface area contributed by atoms with E-state index >= 15 is 0 Å². The van der Waals surface area contributed by atoms with Gasteiger partial charge in [-0.15, -0.1) is 0 Å². The Morgan fingerprint density at radius 1 is 1.00 bits per heavy atom. The van der Waals surface area contributed by atoms with Gasteiger partial charge in [0.05, 0.1) is 6.61 Å². The van der Waals surface area contributed by atoms with Gasteiger partial charge in [-0.05, 0) is 50.4 Å².